The third-order valence-electron chi connectivity index (χ3n) is 2.52. The molecule has 0 fully saturated rings. The van der Waals surface area contributed by atoms with Crippen LogP contribution in [0, 0.1) is 0 Å². The topological polar surface area (TPSA) is 44.5 Å². The van der Waals surface area contributed by atoms with Gasteiger partial charge in [0.2, 0.25) is 0 Å². The minimum absolute atomic E-state index is 0.0783. The summed E-state index contributed by atoms with van der Waals surface area (Å²) in [6.07, 6.45) is 2.06. The van der Waals surface area contributed by atoms with Gasteiger partial charge in [0.15, 0.2) is 11.5 Å². The Kier molecular flexibility index (Phi) is 5.12. The fourth-order valence-electron chi connectivity index (χ4n) is 1.67. The lowest BCUT2D eigenvalue weighted by Gasteiger charge is -2.14. The summed E-state index contributed by atoms with van der Waals surface area (Å²) in [4.78, 5) is 0. The maximum Gasteiger partial charge on any atom is 0.161 e. The molecule has 2 N–H and O–H groups in total. The van der Waals surface area contributed by atoms with Gasteiger partial charge in [-0.25, -0.2) is 0 Å². The standard InChI is InChI=1S/C13H21NO2/c1-4-6-11(14)10-7-8-12(16-5-2)13(9-10)15-3/h7-9,11H,4-6,14H2,1-3H3. The average Bonchev–Trinajstić information content (AvgIpc) is 2.30. The van der Waals surface area contributed by atoms with Crippen LogP contribution in [0.1, 0.15) is 38.3 Å². The first kappa shape index (κ1) is 12.8. The molecule has 0 aromatic heterocycles. The lowest BCUT2D eigenvalue weighted by Crippen LogP contribution is -2.10. The van der Waals surface area contributed by atoms with Crippen molar-refractivity contribution in [3.8, 4) is 11.5 Å². The van der Waals surface area contributed by atoms with Crippen LogP contribution in [0.25, 0.3) is 0 Å². The fraction of sp³-hybridized carbons (Fsp3) is 0.538. The molecule has 0 aliphatic rings. The minimum atomic E-state index is 0.0783. The van der Waals surface area contributed by atoms with Crippen molar-refractivity contribution < 1.29 is 9.47 Å². The molecule has 1 atom stereocenters. The Bertz CT molecular complexity index is 326. The van der Waals surface area contributed by atoms with Gasteiger partial charge in [-0.2, -0.15) is 0 Å². The summed E-state index contributed by atoms with van der Waals surface area (Å²) in [5.41, 5.74) is 7.16. The van der Waals surface area contributed by atoms with Gasteiger partial charge < -0.3 is 15.2 Å². The van der Waals surface area contributed by atoms with Gasteiger partial charge in [0.05, 0.1) is 13.7 Å². The summed E-state index contributed by atoms with van der Waals surface area (Å²) in [6.45, 7) is 4.72. The Morgan fingerprint density at radius 1 is 1.25 bits per heavy atom. The van der Waals surface area contributed by atoms with E-state index in [-0.39, 0.29) is 6.04 Å². The second kappa shape index (κ2) is 6.38. The molecule has 0 saturated carbocycles. The summed E-state index contributed by atoms with van der Waals surface area (Å²) in [6, 6.07) is 5.97. The summed E-state index contributed by atoms with van der Waals surface area (Å²) < 4.78 is 10.7. The molecule has 3 heteroatoms. The highest BCUT2D eigenvalue weighted by molar-refractivity contribution is 5.43. The van der Waals surface area contributed by atoms with Gasteiger partial charge in [-0.15, -0.1) is 0 Å². The zero-order valence-electron chi connectivity index (χ0n) is 10.3. The van der Waals surface area contributed by atoms with Crippen LogP contribution in [-0.4, -0.2) is 13.7 Å². The van der Waals surface area contributed by atoms with Gasteiger partial charge in [-0.1, -0.05) is 19.4 Å². The van der Waals surface area contributed by atoms with Gasteiger partial charge in [0.25, 0.3) is 0 Å². The Morgan fingerprint density at radius 3 is 2.56 bits per heavy atom. The van der Waals surface area contributed by atoms with Gasteiger partial charge in [-0.3, -0.25) is 0 Å². The van der Waals surface area contributed by atoms with Crippen LogP contribution in [0.3, 0.4) is 0 Å². The van der Waals surface area contributed by atoms with Crippen LogP contribution in [0.5, 0.6) is 11.5 Å². The van der Waals surface area contributed by atoms with Crippen molar-refractivity contribution >= 4 is 0 Å². The van der Waals surface area contributed by atoms with E-state index in [9.17, 15) is 0 Å². The van der Waals surface area contributed by atoms with Crippen LogP contribution < -0.4 is 15.2 Å². The molecular formula is C13H21NO2. The highest BCUT2D eigenvalue weighted by atomic mass is 16.5. The zero-order valence-corrected chi connectivity index (χ0v) is 10.3. The van der Waals surface area contributed by atoms with Crippen molar-refractivity contribution in [2.24, 2.45) is 5.73 Å². The van der Waals surface area contributed by atoms with Crippen molar-refractivity contribution in [3.05, 3.63) is 23.8 Å². The van der Waals surface area contributed by atoms with Crippen LogP contribution in [0.15, 0.2) is 18.2 Å². The van der Waals surface area contributed by atoms with E-state index in [0.29, 0.717) is 6.61 Å². The molecular weight excluding hydrogens is 202 g/mol. The maximum absolute atomic E-state index is 6.06. The molecule has 0 radical (unpaired) electrons. The van der Waals surface area contributed by atoms with E-state index in [1.165, 1.54) is 0 Å². The highest BCUT2D eigenvalue weighted by Gasteiger charge is 2.09. The summed E-state index contributed by atoms with van der Waals surface area (Å²) >= 11 is 0. The Balaban J connectivity index is 2.89. The van der Waals surface area contributed by atoms with Crippen LogP contribution >= 0.6 is 0 Å². The second-order valence-electron chi connectivity index (χ2n) is 3.74. The van der Waals surface area contributed by atoms with Crippen molar-refractivity contribution in [3.63, 3.8) is 0 Å². The van der Waals surface area contributed by atoms with E-state index in [4.69, 9.17) is 15.2 Å². The first-order valence-corrected chi connectivity index (χ1v) is 5.79. The molecule has 1 unspecified atom stereocenters. The maximum atomic E-state index is 6.06. The molecule has 0 amide bonds. The van der Waals surface area contributed by atoms with E-state index in [2.05, 4.69) is 6.92 Å². The predicted octanol–water partition coefficient (Wildman–Crippen LogP) is 2.89. The van der Waals surface area contributed by atoms with Gasteiger partial charge in [-0.05, 0) is 31.0 Å². The van der Waals surface area contributed by atoms with Gasteiger partial charge in [0, 0.05) is 6.04 Å². The zero-order chi connectivity index (χ0) is 12.0. The SMILES string of the molecule is CCCC(N)c1ccc(OCC)c(OC)c1. The monoisotopic (exact) mass is 223 g/mol. The molecule has 3 nitrogen and oxygen atoms in total. The first-order chi connectivity index (χ1) is 7.72. The largest absolute Gasteiger partial charge is 0.493 e. The van der Waals surface area contributed by atoms with Gasteiger partial charge >= 0.3 is 0 Å². The van der Waals surface area contributed by atoms with Crippen molar-refractivity contribution in [1.29, 1.82) is 0 Å². The third kappa shape index (κ3) is 3.14. The number of rotatable bonds is 6. The second-order valence-corrected chi connectivity index (χ2v) is 3.74. The molecule has 90 valence electrons. The number of nitrogens with two attached hydrogens (primary N) is 1. The molecule has 16 heavy (non-hydrogen) atoms. The van der Waals surface area contributed by atoms with E-state index >= 15 is 0 Å². The molecule has 1 aromatic rings. The van der Waals surface area contributed by atoms with E-state index < -0.39 is 0 Å². The van der Waals surface area contributed by atoms with Crippen LogP contribution in [0.2, 0.25) is 0 Å². The smallest absolute Gasteiger partial charge is 0.161 e. The van der Waals surface area contributed by atoms with E-state index in [1.54, 1.807) is 7.11 Å². The van der Waals surface area contributed by atoms with Crippen LogP contribution in [0.4, 0.5) is 0 Å². The van der Waals surface area contributed by atoms with Crippen LogP contribution in [-0.2, 0) is 0 Å². The summed E-state index contributed by atoms with van der Waals surface area (Å²) in [5.74, 6) is 1.53. The van der Waals surface area contributed by atoms with Crippen molar-refractivity contribution in [1.82, 2.24) is 0 Å². The fourth-order valence-corrected chi connectivity index (χ4v) is 1.67. The predicted molar refractivity (Wildman–Crippen MR) is 66.0 cm³/mol. The number of methoxy groups -OCH3 is 1. The Labute approximate surface area is 97.6 Å². The molecule has 0 aliphatic heterocycles. The lowest BCUT2D eigenvalue weighted by atomic mass is 10.0. The number of ether oxygens (including phenoxy) is 2. The Hall–Kier alpha value is -1.22. The minimum Gasteiger partial charge on any atom is -0.493 e. The van der Waals surface area contributed by atoms with Crippen molar-refractivity contribution in [2.75, 3.05) is 13.7 Å². The summed E-state index contributed by atoms with van der Waals surface area (Å²) in [7, 11) is 1.65. The Morgan fingerprint density at radius 2 is 2.00 bits per heavy atom. The third-order valence-corrected chi connectivity index (χ3v) is 2.52. The highest BCUT2D eigenvalue weighted by Crippen LogP contribution is 2.30. The van der Waals surface area contributed by atoms with Crippen molar-refractivity contribution in [2.45, 2.75) is 32.7 Å². The van der Waals surface area contributed by atoms with Gasteiger partial charge in [0.1, 0.15) is 0 Å². The summed E-state index contributed by atoms with van der Waals surface area (Å²) in [5, 5.41) is 0. The molecule has 0 spiro atoms. The molecule has 1 rings (SSSR count). The normalized spacial score (nSPS) is 12.2. The van der Waals surface area contributed by atoms with E-state index in [1.807, 2.05) is 25.1 Å². The molecule has 0 bridgehead atoms. The quantitative estimate of drug-likeness (QED) is 0.806. The molecule has 1 aromatic carbocycles. The first-order valence-electron chi connectivity index (χ1n) is 5.79. The molecule has 0 saturated heterocycles. The number of benzene rings is 1. The molecule has 0 heterocycles. The molecule has 0 aliphatic carbocycles. The number of hydrogen-bond acceptors (Lipinski definition) is 3. The van der Waals surface area contributed by atoms with E-state index in [0.717, 1.165) is 29.9 Å². The lowest BCUT2D eigenvalue weighted by molar-refractivity contribution is 0.310. The number of hydrogen-bond donors (Lipinski definition) is 1. The average molecular weight is 223 g/mol.